The predicted molar refractivity (Wildman–Crippen MR) is 111 cm³/mol. The fraction of sp³-hybridized carbons (Fsp3) is 0.286. The normalized spacial score (nSPS) is 21.5. The highest BCUT2D eigenvalue weighted by Gasteiger charge is 2.46. The lowest BCUT2D eigenvalue weighted by molar-refractivity contribution is 0.0340. The van der Waals surface area contributed by atoms with Gasteiger partial charge in [-0.1, -0.05) is 58.7 Å². The molecule has 0 radical (unpaired) electrons. The molecule has 0 amide bonds. The molecule has 2 aromatic rings. The lowest BCUT2D eigenvalue weighted by Gasteiger charge is -2.20. The summed E-state index contributed by atoms with van der Waals surface area (Å²) in [5, 5.41) is 6.06. The summed E-state index contributed by atoms with van der Waals surface area (Å²) in [6.07, 6.45) is 3.97. The Morgan fingerprint density at radius 3 is 2.48 bits per heavy atom. The molecule has 1 fully saturated rings. The molecule has 0 N–H and O–H groups in total. The predicted octanol–water partition coefficient (Wildman–Crippen LogP) is 6.50. The van der Waals surface area contributed by atoms with Crippen LogP contribution < -0.4 is 4.74 Å². The summed E-state index contributed by atoms with van der Waals surface area (Å²) in [5.41, 5.74) is 2.34. The average molecular weight is 423 g/mol. The van der Waals surface area contributed by atoms with Crippen LogP contribution in [0.4, 0.5) is 0 Å². The van der Waals surface area contributed by atoms with E-state index in [2.05, 4.69) is 11.7 Å². The van der Waals surface area contributed by atoms with Crippen molar-refractivity contribution in [3.05, 3.63) is 69.2 Å². The third kappa shape index (κ3) is 3.82. The van der Waals surface area contributed by atoms with E-state index in [9.17, 15) is 0 Å². The van der Waals surface area contributed by atoms with Crippen molar-refractivity contribution in [3.8, 4) is 5.75 Å². The molecular weight excluding hydrogens is 405 g/mol. The molecule has 2 aliphatic rings. The molecule has 2 atom stereocenters. The number of hydrogen-bond acceptors (Lipinski definition) is 3. The average Bonchev–Trinajstić information content (AvgIpc) is 3.41. The second-order valence-electron chi connectivity index (χ2n) is 6.79. The molecule has 2 unspecified atom stereocenters. The Hall–Kier alpha value is -1.68. The van der Waals surface area contributed by atoms with Gasteiger partial charge < -0.3 is 9.57 Å². The Kier molecular flexibility index (Phi) is 5.36. The molecule has 6 heteroatoms. The molecule has 1 saturated carbocycles. The monoisotopic (exact) mass is 421 g/mol. The van der Waals surface area contributed by atoms with Crippen molar-refractivity contribution in [1.82, 2.24) is 0 Å². The smallest absolute Gasteiger partial charge is 0.142 e. The molecule has 2 aromatic carbocycles. The Balaban J connectivity index is 1.58. The minimum Gasteiger partial charge on any atom is -0.493 e. The fourth-order valence-electron chi connectivity index (χ4n) is 3.35. The van der Waals surface area contributed by atoms with E-state index in [0.29, 0.717) is 33.3 Å². The Morgan fingerprint density at radius 2 is 1.85 bits per heavy atom. The third-order valence-corrected chi connectivity index (χ3v) is 5.90. The first-order valence-corrected chi connectivity index (χ1v) is 9.94. The zero-order valence-electron chi connectivity index (χ0n) is 14.5. The van der Waals surface area contributed by atoms with Gasteiger partial charge in [-0.15, -0.1) is 0 Å². The van der Waals surface area contributed by atoms with E-state index in [-0.39, 0.29) is 12.0 Å². The summed E-state index contributed by atoms with van der Waals surface area (Å²) in [6, 6.07) is 11.0. The number of benzene rings is 2. The van der Waals surface area contributed by atoms with Gasteiger partial charge in [0.05, 0.1) is 21.0 Å². The van der Waals surface area contributed by atoms with Gasteiger partial charge in [-0.2, -0.15) is 0 Å². The first-order chi connectivity index (χ1) is 13.1. The van der Waals surface area contributed by atoms with E-state index in [1.54, 1.807) is 24.3 Å². The number of halogens is 3. The van der Waals surface area contributed by atoms with Crippen LogP contribution in [-0.4, -0.2) is 18.4 Å². The van der Waals surface area contributed by atoms with Crippen molar-refractivity contribution in [2.24, 2.45) is 17.0 Å². The van der Waals surface area contributed by atoms with E-state index >= 15 is 0 Å². The molecule has 1 aliphatic heterocycles. The first kappa shape index (κ1) is 18.7. The molecule has 1 heterocycles. The van der Waals surface area contributed by atoms with E-state index in [4.69, 9.17) is 44.4 Å². The van der Waals surface area contributed by atoms with Crippen molar-refractivity contribution in [3.63, 3.8) is 0 Å². The highest BCUT2D eigenvalue weighted by molar-refractivity contribution is 6.40. The van der Waals surface area contributed by atoms with Crippen LogP contribution in [0.25, 0.3) is 6.08 Å². The fourth-order valence-corrected chi connectivity index (χ4v) is 4.19. The standard InChI is InChI=1S/C21H18Cl3NO2/c1-2-12-8-9-14(10-18(12)24)26-11-15-20(25-27-21(15)13-6-7-13)19-16(22)4-3-5-17(19)23/h2-5,8-10,13,15,21H,1,6-7,11H2. The summed E-state index contributed by atoms with van der Waals surface area (Å²) in [4.78, 5) is 5.77. The highest BCUT2D eigenvalue weighted by Crippen LogP contribution is 2.43. The van der Waals surface area contributed by atoms with Crippen molar-refractivity contribution >= 4 is 46.6 Å². The van der Waals surface area contributed by atoms with Gasteiger partial charge in [-0.3, -0.25) is 0 Å². The molecular formula is C21H18Cl3NO2. The first-order valence-electron chi connectivity index (χ1n) is 8.81. The summed E-state index contributed by atoms with van der Waals surface area (Å²) in [5.74, 6) is 1.14. The molecule has 4 rings (SSSR count). The molecule has 0 bridgehead atoms. The van der Waals surface area contributed by atoms with E-state index in [1.807, 2.05) is 18.2 Å². The second kappa shape index (κ2) is 7.75. The summed E-state index contributed by atoms with van der Waals surface area (Å²) in [6.45, 7) is 4.15. The van der Waals surface area contributed by atoms with E-state index < -0.39 is 0 Å². The molecule has 0 saturated heterocycles. The van der Waals surface area contributed by atoms with Crippen LogP contribution >= 0.6 is 34.8 Å². The zero-order chi connectivity index (χ0) is 19.0. The summed E-state index contributed by atoms with van der Waals surface area (Å²) < 4.78 is 6.04. The maximum Gasteiger partial charge on any atom is 0.142 e. The van der Waals surface area contributed by atoms with Gasteiger partial charge in [0, 0.05) is 5.56 Å². The minimum atomic E-state index is -0.0484. The van der Waals surface area contributed by atoms with Crippen LogP contribution in [0.2, 0.25) is 15.1 Å². The maximum atomic E-state index is 6.40. The third-order valence-electron chi connectivity index (χ3n) is 4.95. The largest absolute Gasteiger partial charge is 0.493 e. The molecule has 27 heavy (non-hydrogen) atoms. The van der Waals surface area contributed by atoms with E-state index in [0.717, 1.165) is 29.7 Å². The van der Waals surface area contributed by atoms with E-state index in [1.165, 1.54) is 0 Å². The second-order valence-corrected chi connectivity index (χ2v) is 8.01. The van der Waals surface area contributed by atoms with Gasteiger partial charge in [-0.05, 0) is 54.7 Å². The van der Waals surface area contributed by atoms with Gasteiger partial charge in [0.15, 0.2) is 0 Å². The lowest BCUT2D eigenvalue weighted by Crippen LogP contribution is -2.31. The number of oxime groups is 1. The quantitative estimate of drug-likeness (QED) is 0.532. The van der Waals surface area contributed by atoms with Crippen LogP contribution in [0.1, 0.15) is 24.0 Å². The van der Waals surface area contributed by atoms with Crippen LogP contribution in [0, 0.1) is 11.8 Å². The number of rotatable bonds is 6. The van der Waals surface area contributed by atoms with Crippen LogP contribution in [-0.2, 0) is 4.84 Å². The van der Waals surface area contributed by atoms with Crippen LogP contribution in [0.5, 0.6) is 5.75 Å². The molecule has 0 spiro atoms. The van der Waals surface area contributed by atoms with Crippen molar-refractivity contribution in [2.45, 2.75) is 18.9 Å². The Bertz CT molecular complexity index is 888. The molecule has 3 nitrogen and oxygen atoms in total. The van der Waals surface area contributed by atoms with Crippen molar-refractivity contribution < 1.29 is 9.57 Å². The SMILES string of the molecule is C=Cc1ccc(OCC2C(c3c(Cl)cccc3Cl)=NOC2C2CC2)cc1Cl. The van der Waals surface area contributed by atoms with Gasteiger partial charge in [0.25, 0.3) is 0 Å². The summed E-state index contributed by atoms with van der Waals surface area (Å²) in [7, 11) is 0. The highest BCUT2D eigenvalue weighted by atomic mass is 35.5. The Labute approximate surface area is 173 Å². The Morgan fingerprint density at radius 1 is 1.11 bits per heavy atom. The van der Waals surface area contributed by atoms with Gasteiger partial charge in [0.1, 0.15) is 24.2 Å². The van der Waals surface area contributed by atoms with Crippen LogP contribution in [0.3, 0.4) is 0 Å². The number of nitrogens with zero attached hydrogens (tertiary/aromatic N) is 1. The lowest BCUT2D eigenvalue weighted by atomic mass is 9.90. The van der Waals surface area contributed by atoms with Gasteiger partial charge >= 0.3 is 0 Å². The van der Waals surface area contributed by atoms with Crippen molar-refractivity contribution in [2.75, 3.05) is 6.61 Å². The van der Waals surface area contributed by atoms with Crippen molar-refractivity contribution in [1.29, 1.82) is 0 Å². The minimum absolute atomic E-state index is 0.0183. The van der Waals surface area contributed by atoms with Crippen LogP contribution in [0.15, 0.2) is 48.1 Å². The zero-order valence-corrected chi connectivity index (χ0v) is 16.8. The topological polar surface area (TPSA) is 30.8 Å². The number of hydrogen-bond donors (Lipinski definition) is 0. The molecule has 1 aliphatic carbocycles. The molecule has 140 valence electrons. The molecule has 0 aromatic heterocycles. The van der Waals surface area contributed by atoms with Gasteiger partial charge in [-0.25, -0.2) is 0 Å². The van der Waals surface area contributed by atoms with Gasteiger partial charge in [0.2, 0.25) is 0 Å². The maximum absolute atomic E-state index is 6.40. The number of ether oxygens (including phenoxy) is 1. The summed E-state index contributed by atoms with van der Waals surface area (Å²) >= 11 is 19.0.